The molecular formula is C18H20N4O. The summed E-state index contributed by atoms with van der Waals surface area (Å²) >= 11 is 0. The first-order valence-corrected chi connectivity index (χ1v) is 8.05. The maximum absolute atomic E-state index is 8.91. The average Bonchev–Trinajstić information content (AvgIpc) is 3.29. The normalized spacial score (nSPS) is 26.8. The van der Waals surface area contributed by atoms with Gasteiger partial charge in [0.15, 0.2) is 0 Å². The van der Waals surface area contributed by atoms with Gasteiger partial charge in [-0.3, -0.25) is 4.68 Å². The summed E-state index contributed by atoms with van der Waals surface area (Å²) in [5.41, 5.74) is 3.13. The van der Waals surface area contributed by atoms with Gasteiger partial charge in [0.05, 0.1) is 30.0 Å². The van der Waals surface area contributed by atoms with Crippen molar-refractivity contribution in [1.82, 2.24) is 9.78 Å². The Morgan fingerprint density at radius 2 is 2.17 bits per heavy atom. The van der Waals surface area contributed by atoms with Gasteiger partial charge in [-0.25, -0.2) is 0 Å². The van der Waals surface area contributed by atoms with Crippen molar-refractivity contribution in [2.24, 2.45) is 7.05 Å². The number of nitrogens with zero attached hydrogens (tertiary/aromatic N) is 4. The van der Waals surface area contributed by atoms with Gasteiger partial charge in [-0.05, 0) is 42.7 Å². The Hall–Kier alpha value is -2.32. The SMILES string of the molecule is Cn1cc(C2COC3(CCN(c4ccc(C#N)cc4)C3)C2)cn1. The number of aryl methyl sites for hydroxylation is 1. The van der Waals surface area contributed by atoms with Crippen molar-refractivity contribution >= 4 is 5.69 Å². The Kier molecular flexibility index (Phi) is 3.35. The lowest BCUT2D eigenvalue weighted by atomic mass is 9.90. The Morgan fingerprint density at radius 3 is 2.87 bits per heavy atom. The predicted octanol–water partition coefficient (Wildman–Crippen LogP) is 2.44. The molecular weight excluding hydrogens is 288 g/mol. The highest BCUT2D eigenvalue weighted by Gasteiger charge is 2.46. The van der Waals surface area contributed by atoms with E-state index in [-0.39, 0.29) is 5.60 Å². The molecule has 0 N–H and O–H groups in total. The van der Waals surface area contributed by atoms with Crippen LogP contribution in [0.1, 0.15) is 29.9 Å². The van der Waals surface area contributed by atoms with Crippen molar-refractivity contribution in [2.45, 2.75) is 24.4 Å². The lowest BCUT2D eigenvalue weighted by Gasteiger charge is -2.24. The summed E-state index contributed by atoms with van der Waals surface area (Å²) in [5.74, 6) is 0.449. The standard InChI is InChI=1S/C18H20N4O/c1-21-11-16(10-20-21)15-8-18(23-12-15)6-7-22(13-18)17-4-2-14(9-19)3-5-17/h2-5,10-11,15H,6-8,12-13H2,1H3. The number of rotatable bonds is 2. The fourth-order valence-electron chi connectivity index (χ4n) is 3.81. The molecule has 2 aromatic rings. The molecule has 0 radical (unpaired) electrons. The summed E-state index contributed by atoms with van der Waals surface area (Å²) in [6, 6.07) is 10.0. The Morgan fingerprint density at radius 1 is 1.35 bits per heavy atom. The van der Waals surface area contributed by atoms with Gasteiger partial charge < -0.3 is 9.64 Å². The van der Waals surface area contributed by atoms with Crippen LogP contribution in [0.25, 0.3) is 0 Å². The number of ether oxygens (including phenoxy) is 1. The van der Waals surface area contributed by atoms with Gasteiger partial charge >= 0.3 is 0 Å². The highest BCUT2D eigenvalue weighted by Crippen LogP contribution is 2.43. The van der Waals surface area contributed by atoms with E-state index in [1.54, 1.807) is 0 Å². The van der Waals surface area contributed by atoms with E-state index in [1.165, 1.54) is 11.3 Å². The van der Waals surface area contributed by atoms with Gasteiger partial charge in [-0.15, -0.1) is 0 Å². The maximum Gasteiger partial charge on any atom is 0.0991 e. The monoisotopic (exact) mass is 308 g/mol. The molecule has 5 heteroatoms. The minimum atomic E-state index is -0.0333. The quantitative estimate of drug-likeness (QED) is 0.855. The Bertz CT molecular complexity index is 745. The highest BCUT2D eigenvalue weighted by atomic mass is 16.5. The molecule has 1 spiro atoms. The summed E-state index contributed by atoms with van der Waals surface area (Å²) in [6.45, 7) is 2.72. The molecule has 2 aliphatic heterocycles. The largest absolute Gasteiger partial charge is 0.372 e. The smallest absolute Gasteiger partial charge is 0.0991 e. The van der Waals surface area contributed by atoms with E-state index in [1.807, 2.05) is 42.2 Å². The number of anilines is 1. The molecule has 0 amide bonds. The van der Waals surface area contributed by atoms with E-state index in [0.29, 0.717) is 11.5 Å². The zero-order valence-corrected chi connectivity index (χ0v) is 13.3. The molecule has 2 atom stereocenters. The third kappa shape index (κ3) is 2.60. The molecule has 2 unspecified atom stereocenters. The van der Waals surface area contributed by atoms with Crippen LogP contribution in [0.3, 0.4) is 0 Å². The molecule has 0 saturated carbocycles. The van der Waals surface area contributed by atoms with Gasteiger partial charge in [0, 0.05) is 37.9 Å². The van der Waals surface area contributed by atoms with Gasteiger partial charge in [-0.1, -0.05) is 0 Å². The van der Waals surface area contributed by atoms with Crippen LogP contribution in [0.15, 0.2) is 36.7 Å². The summed E-state index contributed by atoms with van der Waals surface area (Å²) in [4.78, 5) is 2.37. The van der Waals surface area contributed by atoms with E-state index in [4.69, 9.17) is 10.00 Å². The van der Waals surface area contributed by atoms with E-state index in [9.17, 15) is 0 Å². The zero-order valence-electron chi connectivity index (χ0n) is 13.3. The first-order chi connectivity index (χ1) is 11.2. The van der Waals surface area contributed by atoms with Crippen molar-refractivity contribution in [3.8, 4) is 6.07 Å². The van der Waals surface area contributed by atoms with Crippen molar-refractivity contribution in [1.29, 1.82) is 5.26 Å². The van der Waals surface area contributed by atoms with Gasteiger partial charge in [0.1, 0.15) is 0 Å². The summed E-state index contributed by atoms with van der Waals surface area (Å²) in [5, 5.41) is 13.2. The summed E-state index contributed by atoms with van der Waals surface area (Å²) < 4.78 is 8.10. The maximum atomic E-state index is 8.91. The van der Waals surface area contributed by atoms with Gasteiger partial charge in [0.25, 0.3) is 0 Å². The number of hydrogen-bond acceptors (Lipinski definition) is 4. The van der Waals surface area contributed by atoms with Crippen LogP contribution in [0.2, 0.25) is 0 Å². The topological polar surface area (TPSA) is 54.1 Å². The first-order valence-electron chi connectivity index (χ1n) is 8.05. The van der Waals surface area contributed by atoms with Crippen molar-refractivity contribution in [3.63, 3.8) is 0 Å². The zero-order chi connectivity index (χ0) is 15.9. The molecule has 2 fully saturated rings. The molecule has 0 bridgehead atoms. The summed E-state index contributed by atoms with van der Waals surface area (Å²) in [7, 11) is 1.96. The van der Waals surface area contributed by atoms with E-state index in [0.717, 1.165) is 32.5 Å². The molecule has 0 aliphatic carbocycles. The third-order valence-electron chi connectivity index (χ3n) is 5.08. The highest BCUT2D eigenvalue weighted by molar-refractivity contribution is 5.51. The molecule has 5 nitrogen and oxygen atoms in total. The molecule has 2 aliphatic rings. The second-order valence-electron chi connectivity index (χ2n) is 6.67. The van der Waals surface area contributed by atoms with E-state index >= 15 is 0 Å². The fraction of sp³-hybridized carbons (Fsp3) is 0.444. The van der Waals surface area contributed by atoms with E-state index < -0.39 is 0 Å². The lowest BCUT2D eigenvalue weighted by molar-refractivity contribution is 0.0227. The van der Waals surface area contributed by atoms with Crippen LogP contribution in [0, 0.1) is 11.3 Å². The van der Waals surface area contributed by atoms with Crippen LogP contribution < -0.4 is 4.90 Å². The Balaban J connectivity index is 1.46. The van der Waals surface area contributed by atoms with Crippen molar-refractivity contribution in [3.05, 3.63) is 47.8 Å². The molecule has 1 aromatic heterocycles. The minimum absolute atomic E-state index is 0.0333. The molecule has 3 heterocycles. The molecule has 118 valence electrons. The van der Waals surface area contributed by atoms with Crippen LogP contribution in [0.5, 0.6) is 0 Å². The molecule has 4 rings (SSSR count). The molecule has 2 saturated heterocycles. The second kappa shape index (κ2) is 5.39. The van der Waals surface area contributed by atoms with Crippen LogP contribution in [-0.2, 0) is 11.8 Å². The van der Waals surface area contributed by atoms with Crippen molar-refractivity contribution < 1.29 is 4.74 Å². The number of benzene rings is 1. The predicted molar refractivity (Wildman–Crippen MR) is 87.2 cm³/mol. The molecule has 1 aromatic carbocycles. The summed E-state index contributed by atoms with van der Waals surface area (Å²) in [6.07, 6.45) is 6.18. The fourth-order valence-corrected chi connectivity index (χ4v) is 3.81. The Labute approximate surface area is 136 Å². The van der Waals surface area contributed by atoms with Crippen LogP contribution in [0.4, 0.5) is 5.69 Å². The molecule has 23 heavy (non-hydrogen) atoms. The number of aromatic nitrogens is 2. The van der Waals surface area contributed by atoms with Gasteiger partial charge in [0.2, 0.25) is 0 Å². The average molecular weight is 308 g/mol. The van der Waals surface area contributed by atoms with Crippen LogP contribution >= 0.6 is 0 Å². The lowest BCUT2D eigenvalue weighted by Crippen LogP contribution is -2.32. The van der Waals surface area contributed by atoms with Crippen LogP contribution in [-0.4, -0.2) is 35.1 Å². The van der Waals surface area contributed by atoms with E-state index in [2.05, 4.69) is 22.3 Å². The second-order valence-corrected chi connectivity index (χ2v) is 6.67. The minimum Gasteiger partial charge on any atom is -0.372 e. The first kappa shape index (κ1) is 14.3. The number of hydrogen-bond donors (Lipinski definition) is 0. The number of nitriles is 1. The third-order valence-corrected chi connectivity index (χ3v) is 5.08. The van der Waals surface area contributed by atoms with Gasteiger partial charge in [-0.2, -0.15) is 10.4 Å². The van der Waals surface area contributed by atoms with Crippen molar-refractivity contribution in [2.75, 3.05) is 24.6 Å².